The molecule has 8 heteroatoms. The number of carbonyl (C=O) groups is 1. The summed E-state index contributed by atoms with van der Waals surface area (Å²) >= 11 is 0. The maximum atomic E-state index is 12.3. The van der Waals surface area contributed by atoms with Crippen LogP contribution in [0, 0.1) is 22.7 Å². The maximum absolute atomic E-state index is 12.3. The van der Waals surface area contributed by atoms with Gasteiger partial charge in [0.1, 0.15) is 12.6 Å². The number of benzene rings is 2. The van der Waals surface area contributed by atoms with Crippen LogP contribution in [-0.4, -0.2) is 27.1 Å². The number of hydrogen-bond donors (Lipinski definition) is 1. The Morgan fingerprint density at radius 2 is 1.84 bits per heavy atom. The lowest BCUT2D eigenvalue weighted by atomic mass is 10.2. The predicted molar refractivity (Wildman–Crippen MR) is 93.1 cm³/mol. The number of hydrogen-bond acceptors (Lipinski definition) is 5. The molecule has 0 aliphatic heterocycles. The number of sulfonamides is 1. The highest BCUT2D eigenvalue weighted by Gasteiger charge is 2.23. The van der Waals surface area contributed by atoms with Crippen LogP contribution in [0.5, 0.6) is 0 Å². The fourth-order valence-corrected chi connectivity index (χ4v) is 3.03. The largest absolute Gasteiger partial charge is 0.324 e. The summed E-state index contributed by atoms with van der Waals surface area (Å²) in [5, 5.41) is 20.6. The van der Waals surface area contributed by atoms with Gasteiger partial charge in [-0.3, -0.25) is 9.10 Å². The molecule has 0 aliphatic carbocycles. The van der Waals surface area contributed by atoms with Gasteiger partial charge in [-0.1, -0.05) is 18.2 Å². The molecule has 25 heavy (non-hydrogen) atoms. The minimum absolute atomic E-state index is 0.133. The van der Waals surface area contributed by atoms with Crippen molar-refractivity contribution in [1.82, 2.24) is 0 Å². The lowest BCUT2D eigenvalue weighted by Gasteiger charge is -2.22. The SMILES string of the molecule is CS(=O)(=O)N(CC(=O)Nc1cccc(C#N)c1)c1ccccc1C#N. The van der Waals surface area contributed by atoms with Gasteiger partial charge < -0.3 is 5.32 Å². The first kappa shape index (κ1) is 18.0. The van der Waals surface area contributed by atoms with Gasteiger partial charge in [-0.05, 0) is 30.3 Å². The molecule has 0 heterocycles. The number of anilines is 2. The summed E-state index contributed by atoms with van der Waals surface area (Å²) in [4.78, 5) is 12.3. The second kappa shape index (κ2) is 7.47. The van der Waals surface area contributed by atoms with E-state index in [1.807, 2.05) is 12.1 Å². The van der Waals surface area contributed by atoms with E-state index < -0.39 is 22.5 Å². The zero-order valence-corrected chi connectivity index (χ0v) is 14.1. The normalized spacial score (nSPS) is 10.4. The lowest BCUT2D eigenvalue weighted by molar-refractivity contribution is -0.114. The van der Waals surface area contributed by atoms with Crippen LogP contribution in [0.3, 0.4) is 0 Å². The van der Waals surface area contributed by atoms with Gasteiger partial charge in [0.2, 0.25) is 15.9 Å². The summed E-state index contributed by atoms with van der Waals surface area (Å²) in [5.74, 6) is -0.590. The number of amides is 1. The van der Waals surface area contributed by atoms with E-state index >= 15 is 0 Å². The van der Waals surface area contributed by atoms with Crippen molar-refractivity contribution < 1.29 is 13.2 Å². The Balaban J connectivity index is 2.28. The summed E-state index contributed by atoms with van der Waals surface area (Å²) < 4.78 is 25.0. The molecule has 1 N–H and O–H groups in total. The van der Waals surface area contributed by atoms with Crippen LogP contribution in [0.2, 0.25) is 0 Å². The molecule has 0 atom stereocenters. The predicted octanol–water partition coefficient (Wildman–Crippen LogP) is 1.83. The minimum atomic E-state index is -3.78. The summed E-state index contributed by atoms with van der Waals surface area (Å²) in [7, 11) is -3.78. The molecule has 0 spiro atoms. The molecule has 126 valence electrons. The Kier molecular flexibility index (Phi) is 5.38. The van der Waals surface area contributed by atoms with E-state index in [0.717, 1.165) is 10.6 Å². The molecule has 2 rings (SSSR count). The minimum Gasteiger partial charge on any atom is -0.324 e. The number of nitriles is 2. The molecule has 0 saturated carbocycles. The van der Waals surface area contributed by atoms with Crippen molar-refractivity contribution in [3.05, 3.63) is 59.7 Å². The molecular weight excluding hydrogens is 340 g/mol. The van der Waals surface area contributed by atoms with Crippen LogP contribution in [-0.2, 0) is 14.8 Å². The van der Waals surface area contributed by atoms with Gasteiger partial charge in [-0.25, -0.2) is 8.42 Å². The third-order valence-corrected chi connectivity index (χ3v) is 4.38. The average molecular weight is 354 g/mol. The van der Waals surface area contributed by atoms with Crippen molar-refractivity contribution in [2.24, 2.45) is 0 Å². The molecule has 0 aromatic heterocycles. The monoisotopic (exact) mass is 354 g/mol. The third-order valence-electron chi connectivity index (χ3n) is 3.26. The van der Waals surface area contributed by atoms with Crippen molar-refractivity contribution in [2.75, 3.05) is 22.4 Å². The average Bonchev–Trinajstić information content (AvgIpc) is 2.59. The molecule has 0 saturated heterocycles. The third kappa shape index (κ3) is 4.56. The van der Waals surface area contributed by atoms with E-state index in [9.17, 15) is 13.2 Å². The first-order chi connectivity index (χ1) is 11.8. The Hall–Kier alpha value is -3.36. The smallest absolute Gasteiger partial charge is 0.245 e. The highest BCUT2D eigenvalue weighted by Crippen LogP contribution is 2.22. The summed E-state index contributed by atoms with van der Waals surface area (Å²) in [5.41, 5.74) is 1.03. The van der Waals surface area contributed by atoms with Gasteiger partial charge in [-0.2, -0.15) is 10.5 Å². The Morgan fingerprint density at radius 1 is 1.12 bits per heavy atom. The maximum Gasteiger partial charge on any atom is 0.245 e. The van der Waals surface area contributed by atoms with E-state index in [4.69, 9.17) is 10.5 Å². The molecule has 7 nitrogen and oxygen atoms in total. The second-order valence-corrected chi connectivity index (χ2v) is 7.05. The Labute approximate surface area is 145 Å². The molecule has 0 aliphatic rings. The number of nitrogens with one attached hydrogen (secondary N) is 1. The molecule has 0 radical (unpaired) electrons. The number of nitrogens with zero attached hydrogens (tertiary/aromatic N) is 3. The van der Waals surface area contributed by atoms with Crippen LogP contribution in [0.25, 0.3) is 0 Å². The van der Waals surface area contributed by atoms with Crippen molar-refractivity contribution >= 4 is 27.3 Å². The van der Waals surface area contributed by atoms with Crippen molar-refractivity contribution in [1.29, 1.82) is 10.5 Å². The van der Waals surface area contributed by atoms with Gasteiger partial charge in [0.05, 0.1) is 29.1 Å². The molecule has 2 aromatic rings. The first-order valence-corrected chi connectivity index (χ1v) is 8.97. The standard InChI is InChI=1S/C17H14N4O3S/c1-25(23,24)21(16-8-3-2-6-14(16)11-19)12-17(22)20-15-7-4-5-13(9-15)10-18/h2-9H,12H2,1H3,(H,20,22). The summed E-state index contributed by atoms with van der Waals surface area (Å²) in [6.45, 7) is -0.492. The molecule has 0 unspecified atom stereocenters. The van der Waals surface area contributed by atoms with E-state index in [1.165, 1.54) is 18.2 Å². The van der Waals surface area contributed by atoms with E-state index in [0.29, 0.717) is 11.3 Å². The number of rotatable bonds is 5. The molecular formula is C17H14N4O3S. The first-order valence-electron chi connectivity index (χ1n) is 7.12. The molecule has 2 aromatic carbocycles. The van der Waals surface area contributed by atoms with Gasteiger partial charge in [0.15, 0.2) is 0 Å². The molecule has 0 fully saturated rings. The second-order valence-electron chi connectivity index (χ2n) is 5.14. The fraction of sp³-hybridized carbons (Fsp3) is 0.118. The number of carbonyl (C=O) groups excluding carboxylic acids is 1. The lowest BCUT2D eigenvalue weighted by Crippen LogP contribution is -2.37. The number of para-hydroxylation sites is 1. The highest BCUT2D eigenvalue weighted by atomic mass is 32.2. The Bertz CT molecular complexity index is 987. The topological polar surface area (TPSA) is 114 Å². The van der Waals surface area contributed by atoms with Crippen LogP contribution in [0.1, 0.15) is 11.1 Å². The fourth-order valence-electron chi connectivity index (χ4n) is 2.16. The van der Waals surface area contributed by atoms with E-state index in [1.54, 1.807) is 30.3 Å². The highest BCUT2D eigenvalue weighted by molar-refractivity contribution is 7.92. The van der Waals surface area contributed by atoms with Crippen molar-refractivity contribution in [3.8, 4) is 12.1 Å². The van der Waals surface area contributed by atoms with Crippen LogP contribution >= 0.6 is 0 Å². The van der Waals surface area contributed by atoms with Gasteiger partial charge in [0, 0.05) is 5.69 Å². The zero-order valence-electron chi connectivity index (χ0n) is 13.3. The quantitative estimate of drug-likeness (QED) is 0.880. The summed E-state index contributed by atoms with van der Waals surface area (Å²) in [6, 6.07) is 16.3. The van der Waals surface area contributed by atoms with Crippen LogP contribution in [0.4, 0.5) is 11.4 Å². The van der Waals surface area contributed by atoms with Crippen LogP contribution in [0.15, 0.2) is 48.5 Å². The van der Waals surface area contributed by atoms with Crippen molar-refractivity contribution in [2.45, 2.75) is 0 Å². The van der Waals surface area contributed by atoms with Crippen LogP contribution < -0.4 is 9.62 Å². The molecule has 1 amide bonds. The van der Waals surface area contributed by atoms with Gasteiger partial charge in [0.25, 0.3) is 0 Å². The molecule has 0 bridgehead atoms. The van der Waals surface area contributed by atoms with E-state index in [-0.39, 0.29) is 11.3 Å². The van der Waals surface area contributed by atoms with Gasteiger partial charge in [-0.15, -0.1) is 0 Å². The summed E-state index contributed by atoms with van der Waals surface area (Å²) in [6.07, 6.45) is 0.963. The van der Waals surface area contributed by atoms with Crippen molar-refractivity contribution in [3.63, 3.8) is 0 Å². The Morgan fingerprint density at radius 3 is 2.48 bits per heavy atom. The van der Waals surface area contributed by atoms with E-state index in [2.05, 4.69) is 5.32 Å². The zero-order chi connectivity index (χ0) is 18.4. The van der Waals surface area contributed by atoms with Gasteiger partial charge >= 0.3 is 0 Å².